The van der Waals surface area contributed by atoms with Gasteiger partial charge in [0.2, 0.25) is 0 Å². The molecule has 0 unspecified atom stereocenters. The topological polar surface area (TPSA) is 59.4 Å². The summed E-state index contributed by atoms with van der Waals surface area (Å²) in [6, 6.07) is 5.02. The highest BCUT2D eigenvalue weighted by molar-refractivity contribution is 5.74. The van der Waals surface area contributed by atoms with Crippen LogP contribution in [0.25, 0.3) is 0 Å². The van der Waals surface area contributed by atoms with Gasteiger partial charge >= 0.3 is 12.2 Å². The van der Waals surface area contributed by atoms with Crippen LogP contribution in [0.2, 0.25) is 0 Å². The summed E-state index contributed by atoms with van der Waals surface area (Å²) in [5.74, 6) is 0.603. The van der Waals surface area contributed by atoms with Crippen LogP contribution in [-0.4, -0.2) is 46.3 Å². The minimum Gasteiger partial charge on any atom is -0.376 e. The Morgan fingerprint density at radius 1 is 1.41 bits per heavy atom. The molecule has 2 amide bonds. The lowest BCUT2D eigenvalue weighted by molar-refractivity contribution is -0.137. The van der Waals surface area contributed by atoms with Gasteiger partial charge in [0.25, 0.3) is 0 Å². The third-order valence-corrected chi connectivity index (χ3v) is 4.80. The van der Waals surface area contributed by atoms with E-state index in [1.807, 2.05) is 6.92 Å². The normalized spacial score (nSPS) is 16.8. The van der Waals surface area contributed by atoms with E-state index in [0.29, 0.717) is 31.1 Å². The zero-order valence-electron chi connectivity index (χ0n) is 16.3. The Labute approximate surface area is 167 Å². The summed E-state index contributed by atoms with van der Waals surface area (Å²) < 4.78 is 46.3. The zero-order valence-corrected chi connectivity index (χ0v) is 16.3. The summed E-state index contributed by atoms with van der Waals surface area (Å²) in [6.45, 7) is 3.97. The van der Waals surface area contributed by atoms with Crippen molar-refractivity contribution in [1.29, 1.82) is 0 Å². The van der Waals surface area contributed by atoms with Gasteiger partial charge in [0.05, 0.1) is 18.2 Å². The lowest BCUT2D eigenvalue weighted by atomic mass is 10.1. The fourth-order valence-corrected chi connectivity index (χ4v) is 3.37. The molecule has 3 rings (SSSR count). The lowest BCUT2D eigenvalue weighted by Gasteiger charge is -2.25. The van der Waals surface area contributed by atoms with Crippen LogP contribution < -0.4 is 5.32 Å². The van der Waals surface area contributed by atoms with E-state index >= 15 is 0 Å². The average molecular weight is 410 g/mol. The number of benzene rings is 1. The largest absolute Gasteiger partial charge is 0.416 e. The molecule has 29 heavy (non-hydrogen) atoms. The molecule has 2 aromatic rings. The number of alkyl halides is 3. The highest BCUT2D eigenvalue weighted by Gasteiger charge is 2.30. The monoisotopic (exact) mass is 410 g/mol. The number of halogens is 3. The molecule has 0 spiro atoms. The smallest absolute Gasteiger partial charge is 0.376 e. The quantitative estimate of drug-likeness (QED) is 0.758. The Bertz CT molecular complexity index is 816. The molecule has 1 saturated heterocycles. The molecule has 0 bridgehead atoms. The molecular formula is C20H25F3N4O2. The van der Waals surface area contributed by atoms with Gasteiger partial charge in [0.15, 0.2) is 0 Å². The SMILES string of the molecule is CCNC(=O)N(Cc1nccn1Cc1cccc(C(F)(F)F)c1)C[C@@H]1CCCO1. The van der Waals surface area contributed by atoms with Crippen LogP contribution in [0.15, 0.2) is 36.7 Å². The highest BCUT2D eigenvalue weighted by atomic mass is 19.4. The number of carbonyl (C=O) groups is 1. The Hall–Kier alpha value is -2.55. The van der Waals surface area contributed by atoms with Crippen LogP contribution in [0.5, 0.6) is 0 Å². The van der Waals surface area contributed by atoms with Gasteiger partial charge < -0.3 is 19.5 Å². The first-order valence-corrected chi connectivity index (χ1v) is 9.67. The number of hydrogen-bond donors (Lipinski definition) is 1. The van der Waals surface area contributed by atoms with Gasteiger partial charge in [0.1, 0.15) is 5.82 Å². The second-order valence-corrected chi connectivity index (χ2v) is 7.02. The number of amides is 2. The van der Waals surface area contributed by atoms with E-state index < -0.39 is 11.7 Å². The third kappa shape index (κ3) is 5.72. The van der Waals surface area contributed by atoms with Crippen molar-refractivity contribution in [2.24, 2.45) is 0 Å². The predicted octanol–water partition coefficient (Wildman–Crippen LogP) is 3.66. The Morgan fingerprint density at radius 3 is 2.93 bits per heavy atom. The summed E-state index contributed by atoms with van der Waals surface area (Å²) in [5.41, 5.74) is -0.165. The number of urea groups is 1. The molecule has 1 aliphatic rings. The van der Waals surface area contributed by atoms with Gasteiger partial charge in [-0.3, -0.25) is 0 Å². The molecule has 1 aromatic carbocycles. The first-order chi connectivity index (χ1) is 13.9. The standard InChI is InChI=1S/C20H25F3N4O2/c1-2-24-19(28)27(13-17-7-4-10-29-17)14-18-25-8-9-26(18)12-15-5-3-6-16(11-15)20(21,22)23/h3,5-6,8-9,11,17H,2,4,7,10,12-14H2,1H3,(H,24,28)/t17-/m0/s1. The molecular weight excluding hydrogens is 385 g/mol. The molecule has 2 heterocycles. The maximum atomic E-state index is 13.0. The lowest BCUT2D eigenvalue weighted by Crippen LogP contribution is -2.43. The number of hydrogen-bond acceptors (Lipinski definition) is 3. The number of nitrogens with zero attached hydrogens (tertiary/aromatic N) is 3. The molecule has 1 atom stereocenters. The number of rotatable bonds is 7. The van der Waals surface area contributed by atoms with Crippen LogP contribution in [0.4, 0.5) is 18.0 Å². The van der Waals surface area contributed by atoms with Crippen molar-refractivity contribution >= 4 is 6.03 Å². The van der Waals surface area contributed by atoms with Gasteiger partial charge in [-0.05, 0) is 37.5 Å². The molecule has 1 fully saturated rings. The minimum atomic E-state index is -4.38. The molecule has 1 N–H and O–H groups in total. The number of aromatic nitrogens is 2. The van der Waals surface area contributed by atoms with Crippen molar-refractivity contribution in [3.05, 3.63) is 53.6 Å². The van der Waals surface area contributed by atoms with E-state index in [-0.39, 0.29) is 25.2 Å². The Balaban J connectivity index is 1.74. The summed E-state index contributed by atoms with van der Waals surface area (Å²) in [4.78, 5) is 18.4. The van der Waals surface area contributed by atoms with Crippen molar-refractivity contribution < 1.29 is 22.7 Å². The number of imidazole rings is 1. The Kier molecular flexibility index (Phi) is 6.79. The van der Waals surface area contributed by atoms with Crippen LogP contribution in [-0.2, 0) is 24.0 Å². The molecule has 158 valence electrons. The maximum Gasteiger partial charge on any atom is 0.416 e. The molecule has 1 aliphatic heterocycles. The number of nitrogens with one attached hydrogen (secondary N) is 1. The van der Waals surface area contributed by atoms with E-state index in [4.69, 9.17) is 4.74 Å². The summed E-state index contributed by atoms with van der Waals surface area (Å²) >= 11 is 0. The van der Waals surface area contributed by atoms with Gasteiger partial charge in [-0.25, -0.2) is 9.78 Å². The van der Waals surface area contributed by atoms with Gasteiger partial charge in [-0.15, -0.1) is 0 Å². The number of carbonyl (C=O) groups excluding carboxylic acids is 1. The Morgan fingerprint density at radius 2 is 2.24 bits per heavy atom. The van der Waals surface area contributed by atoms with Crippen molar-refractivity contribution in [3.8, 4) is 0 Å². The third-order valence-electron chi connectivity index (χ3n) is 4.80. The second kappa shape index (κ2) is 9.30. The highest BCUT2D eigenvalue weighted by Crippen LogP contribution is 2.29. The average Bonchev–Trinajstić information content (AvgIpc) is 3.33. The summed E-state index contributed by atoms with van der Waals surface area (Å²) in [5, 5.41) is 2.79. The van der Waals surface area contributed by atoms with E-state index in [1.54, 1.807) is 27.9 Å². The van der Waals surface area contributed by atoms with Crippen molar-refractivity contribution in [2.45, 2.75) is 45.1 Å². The van der Waals surface area contributed by atoms with Crippen LogP contribution >= 0.6 is 0 Å². The fraction of sp³-hybridized carbons (Fsp3) is 0.500. The predicted molar refractivity (Wildman–Crippen MR) is 101 cm³/mol. The van der Waals surface area contributed by atoms with Gasteiger partial charge in [-0.2, -0.15) is 13.2 Å². The van der Waals surface area contributed by atoms with Gasteiger partial charge in [-0.1, -0.05) is 12.1 Å². The molecule has 0 radical (unpaired) electrons. The first-order valence-electron chi connectivity index (χ1n) is 9.67. The first kappa shape index (κ1) is 21.2. The van der Waals surface area contributed by atoms with Crippen LogP contribution in [0.3, 0.4) is 0 Å². The minimum absolute atomic E-state index is 0.00974. The molecule has 0 aliphatic carbocycles. The fourth-order valence-electron chi connectivity index (χ4n) is 3.37. The second-order valence-electron chi connectivity index (χ2n) is 7.02. The van der Waals surface area contributed by atoms with Crippen molar-refractivity contribution in [3.63, 3.8) is 0 Å². The molecule has 9 heteroatoms. The van der Waals surface area contributed by atoms with Gasteiger partial charge in [0, 0.05) is 38.6 Å². The van der Waals surface area contributed by atoms with E-state index in [9.17, 15) is 18.0 Å². The summed E-state index contributed by atoms with van der Waals surface area (Å²) in [6.07, 6.45) is 0.767. The summed E-state index contributed by atoms with van der Waals surface area (Å²) in [7, 11) is 0. The van der Waals surface area contributed by atoms with Crippen LogP contribution in [0.1, 0.15) is 36.7 Å². The molecule has 0 saturated carbocycles. The number of ether oxygens (including phenoxy) is 1. The van der Waals surface area contributed by atoms with E-state index in [1.165, 1.54) is 6.07 Å². The van der Waals surface area contributed by atoms with Crippen molar-refractivity contribution in [2.75, 3.05) is 19.7 Å². The van der Waals surface area contributed by atoms with Crippen molar-refractivity contribution in [1.82, 2.24) is 19.8 Å². The van der Waals surface area contributed by atoms with E-state index in [2.05, 4.69) is 10.3 Å². The zero-order chi connectivity index (χ0) is 20.9. The maximum absolute atomic E-state index is 13.0. The molecule has 1 aromatic heterocycles. The molecule has 6 nitrogen and oxygen atoms in total. The van der Waals surface area contributed by atoms with E-state index in [0.717, 1.165) is 25.0 Å². The van der Waals surface area contributed by atoms with Crippen LogP contribution in [0, 0.1) is 0 Å².